The third-order valence-electron chi connectivity index (χ3n) is 2.43. The summed E-state index contributed by atoms with van der Waals surface area (Å²) in [5.74, 6) is 0. The van der Waals surface area contributed by atoms with Crippen molar-refractivity contribution in [3.63, 3.8) is 0 Å². The van der Waals surface area contributed by atoms with Gasteiger partial charge in [0.05, 0.1) is 0 Å². The zero-order valence-corrected chi connectivity index (χ0v) is 13.2. The molecule has 0 spiro atoms. The Hall–Kier alpha value is -0.831. The maximum absolute atomic E-state index is 5.89. The van der Waals surface area contributed by atoms with Crippen LogP contribution in [0.3, 0.4) is 0 Å². The van der Waals surface area contributed by atoms with E-state index >= 15 is 0 Å². The SMILES string of the molecule is CC(C)N=C1[Se]CC(c2ccc(Cl)cc2)=NN1C. The first-order chi connectivity index (χ1) is 8.56. The third kappa shape index (κ3) is 3.35. The van der Waals surface area contributed by atoms with Crippen molar-refractivity contribution in [2.45, 2.75) is 25.2 Å². The van der Waals surface area contributed by atoms with Gasteiger partial charge in [-0.1, -0.05) is 0 Å². The summed E-state index contributed by atoms with van der Waals surface area (Å²) >= 11 is 6.25. The van der Waals surface area contributed by atoms with Crippen LogP contribution in [0.15, 0.2) is 34.4 Å². The average Bonchev–Trinajstić information content (AvgIpc) is 2.32. The van der Waals surface area contributed by atoms with E-state index in [2.05, 4.69) is 23.9 Å². The molecule has 0 atom stereocenters. The van der Waals surface area contributed by atoms with Crippen LogP contribution in [0.1, 0.15) is 19.4 Å². The van der Waals surface area contributed by atoms with Gasteiger partial charge in [-0.15, -0.1) is 0 Å². The van der Waals surface area contributed by atoms with Gasteiger partial charge in [0, 0.05) is 0 Å². The Kier molecular flexibility index (Phi) is 4.44. The topological polar surface area (TPSA) is 28.0 Å². The molecule has 18 heavy (non-hydrogen) atoms. The summed E-state index contributed by atoms with van der Waals surface area (Å²) in [6.45, 7) is 4.19. The molecule has 0 N–H and O–H groups in total. The molecule has 0 fully saturated rings. The maximum atomic E-state index is 5.89. The second-order valence-electron chi connectivity index (χ2n) is 4.37. The molecule has 1 aromatic carbocycles. The quantitative estimate of drug-likeness (QED) is 0.767. The minimum atomic E-state index is 0.330. The van der Waals surface area contributed by atoms with E-state index in [4.69, 9.17) is 11.6 Å². The Bertz CT molecular complexity index is 480. The van der Waals surface area contributed by atoms with Crippen molar-refractivity contribution in [1.82, 2.24) is 5.01 Å². The van der Waals surface area contributed by atoms with Crippen molar-refractivity contribution < 1.29 is 0 Å². The summed E-state index contributed by atoms with van der Waals surface area (Å²) in [5, 5.41) is 8.27. The number of rotatable bonds is 2. The van der Waals surface area contributed by atoms with Crippen LogP contribution in [0, 0.1) is 0 Å². The van der Waals surface area contributed by atoms with E-state index in [9.17, 15) is 0 Å². The number of hydrogen-bond acceptors (Lipinski definition) is 2. The predicted octanol–water partition coefficient (Wildman–Crippen LogP) is 2.88. The van der Waals surface area contributed by atoms with Crippen molar-refractivity contribution >= 4 is 37.0 Å². The first-order valence-electron chi connectivity index (χ1n) is 5.84. The van der Waals surface area contributed by atoms with E-state index in [0.29, 0.717) is 21.0 Å². The van der Waals surface area contributed by atoms with Gasteiger partial charge in [0.25, 0.3) is 0 Å². The second kappa shape index (κ2) is 5.87. The Morgan fingerprint density at radius 2 is 2.00 bits per heavy atom. The van der Waals surface area contributed by atoms with Crippen LogP contribution in [0.2, 0.25) is 10.3 Å². The zero-order valence-electron chi connectivity index (χ0n) is 10.7. The molecule has 0 saturated heterocycles. The fourth-order valence-corrected chi connectivity index (χ4v) is 3.83. The molecule has 1 heterocycles. The minimum absolute atomic E-state index is 0.330. The van der Waals surface area contributed by atoms with Crippen molar-refractivity contribution in [1.29, 1.82) is 0 Å². The molecule has 0 bridgehead atoms. The summed E-state index contributed by atoms with van der Waals surface area (Å²) in [6.07, 6.45) is 0. The molecular weight excluding hydrogens is 313 g/mol. The fraction of sp³-hybridized carbons (Fsp3) is 0.385. The summed E-state index contributed by atoms with van der Waals surface area (Å²) in [7, 11) is 1.97. The van der Waals surface area contributed by atoms with Crippen molar-refractivity contribution in [2.24, 2.45) is 10.1 Å². The van der Waals surface area contributed by atoms with Gasteiger partial charge >= 0.3 is 119 Å². The molecule has 0 radical (unpaired) electrons. The number of hydrogen-bond donors (Lipinski definition) is 0. The molecule has 0 unspecified atom stereocenters. The van der Waals surface area contributed by atoms with Gasteiger partial charge in [-0.05, 0) is 0 Å². The summed E-state index contributed by atoms with van der Waals surface area (Å²) in [6, 6.07) is 8.19. The number of amidine groups is 1. The third-order valence-corrected chi connectivity index (χ3v) is 4.88. The van der Waals surface area contributed by atoms with Gasteiger partial charge in [-0.25, -0.2) is 0 Å². The van der Waals surface area contributed by atoms with Crippen molar-refractivity contribution in [2.75, 3.05) is 7.05 Å². The van der Waals surface area contributed by atoms with Crippen LogP contribution in [-0.2, 0) is 0 Å². The molecule has 1 aromatic rings. The molecule has 3 nitrogen and oxygen atoms in total. The van der Waals surface area contributed by atoms with E-state index in [1.54, 1.807) is 0 Å². The molecule has 96 valence electrons. The van der Waals surface area contributed by atoms with E-state index < -0.39 is 0 Å². The van der Waals surface area contributed by atoms with E-state index in [0.717, 1.165) is 26.4 Å². The molecule has 2 rings (SSSR count). The molecule has 0 saturated carbocycles. The van der Waals surface area contributed by atoms with Gasteiger partial charge in [-0.3, -0.25) is 0 Å². The van der Waals surface area contributed by atoms with Crippen LogP contribution in [0.5, 0.6) is 0 Å². The predicted molar refractivity (Wildman–Crippen MR) is 78.9 cm³/mol. The number of benzene rings is 1. The van der Waals surface area contributed by atoms with E-state index in [1.807, 2.05) is 36.3 Å². The molecule has 1 aliphatic rings. The van der Waals surface area contributed by atoms with Gasteiger partial charge in [0.1, 0.15) is 0 Å². The van der Waals surface area contributed by atoms with Crippen molar-refractivity contribution in [3.8, 4) is 0 Å². The molecular formula is C13H16ClN3Se. The molecule has 1 aliphatic heterocycles. The van der Waals surface area contributed by atoms with Crippen LogP contribution >= 0.6 is 11.6 Å². The molecule has 0 aliphatic carbocycles. The Morgan fingerprint density at radius 1 is 1.33 bits per heavy atom. The molecule has 5 heteroatoms. The second-order valence-corrected chi connectivity index (χ2v) is 6.79. The summed E-state index contributed by atoms with van der Waals surface area (Å²) in [4.78, 5) is 4.60. The molecule has 0 aromatic heterocycles. The van der Waals surface area contributed by atoms with Crippen LogP contribution < -0.4 is 0 Å². The van der Waals surface area contributed by atoms with Gasteiger partial charge < -0.3 is 0 Å². The summed E-state index contributed by atoms with van der Waals surface area (Å²) < 4.78 is 1.12. The van der Waals surface area contributed by atoms with Gasteiger partial charge in [0.15, 0.2) is 0 Å². The fourth-order valence-electron chi connectivity index (χ4n) is 1.60. The normalized spacial score (nSPS) is 18.4. The number of halogens is 1. The number of nitrogens with zero attached hydrogens (tertiary/aromatic N) is 3. The number of aliphatic imine (C=N–C) groups is 1. The zero-order chi connectivity index (χ0) is 13.1. The Labute approximate surface area is 119 Å². The van der Waals surface area contributed by atoms with Crippen LogP contribution in [0.4, 0.5) is 0 Å². The van der Waals surface area contributed by atoms with Crippen LogP contribution in [0.25, 0.3) is 0 Å². The standard InChI is InChI=1S/C13H16ClN3Se/c1-9(2)15-13-17(3)16-12(8-18-13)10-4-6-11(14)7-5-10/h4-7,9H,8H2,1-3H3. The van der Waals surface area contributed by atoms with E-state index in [1.165, 1.54) is 0 Å². The molecule has 0 amide bonds. The van der Waals surface area contributed by atoms with Crippen LogP contribution in [-0.4, -0.2) is 43.5 Å². The van der Waals surface area contributed by atoms with Crippen molar-refractivity contribution in [3.05, 3.63) is 34.9 Å². The Balaban J connectivity index is 2.21. The van der Waals surface area contributed by atoms with Gasteiger partial charge in [-0.2, -0.15) is 0 Å². The van der Waals surface area contributed by atoms with E-state index in [-0.39, 0.29) is 0 Å². The van der Waals surface area contributed by atoms with Gasteiger partial charge in [0.2, 0.25) is 0 Å². The number of hydrazone groups is 1. The first kappa shape index (κ1) is 13.6. The average molecular weight is 329 g/mol. The Morgan fingerprint density at radius 3 is 2.56 bits per heavy atom. The first-order valence-corrected chi connectivity index (χ1v) is 8.28. The summed E-state index contributed by atoms with van der Waals surface area (Å²) in [5.41, 5.74) is 2.27. The monoisotopic (exact) mass is 329 g/mol.